The van der Waals surface area contributed by atoms with Gasteiger partial charge in [0.05, 0.1) is 22.7 Å². The molecule has 1 N–H and O–H groups in total. The first kappa shape index (κ1) is 21.1. The van der Waals surface area contributed by atoms with E-state index in [1.165, 1.54) is 16.7 Å². The van der Waals surface area contributed by atoms with Gasteiger partial charge < -0.3 is 9.84 Å². The zero-order chi connectivity index (χ0) is 22.2. The molecule has 1 aliphatic heterocycles. The van der Waals surface area contributed by atoms with E-state index in [1.807, 2.05) is 32.2 Å². The molecule has 1 aromatic heterocycles. The summed E-state index contributed by atoms with van der Waals surface area (Å²) in [4.78, 5) is 8.26. The number of aliphatic hydroxyl groups excluding tert-OH is 1. The Morgan fingerprint density at radius 1 is 1.28 bits per heavy atom. The molecule has 1 fully saturated rings. The third-order valence-electron chi connectivity index (χ3n) is 6.28. The number of ether oxygens (including phenoxy) is 1. The molecule has 2 heterocycles. The number of likely N-dealkylation sites (tertiary alicyclic amines) is 1. The van der Waals surface area contributed by atoms with Gasteiger partial charge in [0.15, 0.2) is 0 Å². The Kier molecular flexibility index (Phi) is 5.73. The van der Waals surface area contributed by atoms with E-state index in [0.717, 1.165) is 41.4 Å². The van der Waals surface area contributed by atoms with Crippen LogP contribution in [0, 0.1) is 11.3 Å². The fraction of sp³-hybridized carbons (Fsp3) is 0.385. The minimum absolute atomic E-state index is 0.0227. The van der Waals surface area contributed by atoms with E-state index in [4.69, 9.17) is 9.72 Å². The molecule has 164 valence electrons. The first-order valence-corrected chi connectivity index (χ1v) is 12.0. The van der Waals surface area contributed by atoms with Crippen molar-refractivity contribution < 1.29 is 9.84 Å². The van der Waals surface area contributed by atoms with Crippen LogP contribution in [0.5, 0.6) is 0 Å². The zero-order valence-electron chi connectivity index (χ0n) is 18.4. The minimum Gasteiger partial charge on any atom is -0.490 e. The van der Waals surface area contributed by atoms with Crippen molar-refractivity contribution in [3.63, 3.8) is 0 Å². The van der Waals surface area contributed by atoms with Gasteiger partial charge in [-0.1, -0.05) is 24.3 Å². The smallest absolute Gasteiger partial charge is 0.133 e. The maximum absolute atomic E-state index is 9.71. The van der Waals surface area contributed by atoms with Gasteiger partial charge in [-0.05, 0) is 62.0 Å². The summed E-state index contributed by atoms with van der Waals surface area (Å²) in [7, 11) is 0. The van der Waals surface area contributed by atoms with Crippen molar-refractivity contribution in [2.45, 2.75) is 51.4 Å². The number of benzene rings is 1. The topological polar surface area (TPSA) is 69.4 Å². The Hall–Kier alpha value is -2.72. The van der Waals surface area contributed by atoms with Crippen LogP contribution in [0.25, 0.3) is 16.0 Å². The predicted octanol–water partition coefficient (Wildman–Crippen LogP) is 5.02. The van der Waals surface area contributed by atoms with Crippen molar-refractivity contribution in [2.24, 2.45) is 0 Å². The van der Waals surface area contributed by atoms with Gasteiger partial charge >= 0.3 is 0 Å². The number of β-amino-alcohol motifs (C(OH)–C–C–N with tert-alkyl or cyclic N) is 1. The van der Waals surface area contributed by atoms with Crippen LogP contribution in [0.4, 0.5) is 0 Å². The second-order valence-corrected chi connectivity index (χ2v) is 9.90. The molecule has 6 heteroatoms. The number of aromatic nitrogens is 1. The number of nitrogens with zero attached hydrogens (tertiary/aromatic N) is 3. The Morgan fingerprint density at radius 3 is 2.88 bits per heavy atom. The maximum atomic E-state index is 9.71. The lowest BCUT2D eigenvalue weighted by atomic mass is 9.99. The number of aliphatic hydroxyl groups is 1. The molecule has 0 bridgehead atoms. The van der Waals surface area contributed by atoms with Crippen LogP contribution >= 0.6 is 11.3 Å². The molecule has 5 rings (SSSR count). The summed E-state index contributed by atoms with van der Waals surface area (Å²) >= 11 is 1.67. The molecule has 2 aliphatic carbocycles. The average Bonchev–Trinajstić information content (AvgIpc) is 3.35. The van der Waals surface area contributed by atoms with Crippen LogP contribution in [0.3, 0.4) is 0 Å². The molecular formula is C26H27N3O2S. The quantitative estimate of drug-likeness (QED) is 0.700. The Labute approximate surface area is 193 Å². The highest BCUT2D eigenvalue weighted by molar-refractivity contribution is 7.16. The standard InChI is InChI=1S/C26H27N3O2S/c1-16(2)31-24-8-3-5-17(11-18(24)12-27)26-28-13-25(32-26)22-7-4-6-21-20(22)9-10-23(21)29-14-19(30)15-29/h4-8,11,13,16,19,23,30H,3,9-10,14-15H2,1-2H3. The first-order chi connectivity index (χ1) is 15.5. The van der Waals surface area contributed by atoms with E-state index >= 15 is 0 Å². The van der Waals surface area contributed by atoms with Crippen molar-refractivity contribution in [1.82, 2.24) is 9.88 Å². The molecule has 0 spiro atoms. The molecule has 1 aromatic carbocycles. The SMILES string of the molecule is CC(C)OC1=CCC=C(c2ncc(-c3cccc4c3CCC4N3CC(O)C3)s2)C=C1C#N. The molecular weight excluding hydrogens is 418 g/mol. The highest BCUT2D eigenvalue weighted by atomic mass is 32.1. The van der Waals surface area contributed by atoms with Crippen LogP contribution < -0.4 is 0 Å². The summed E-state index contributed by atoms with van der Waals surface area (Å²) in [6.45, 7) is 5.49. The Bertz CT molecular complexity index is 1160. The van der Waals surface area contributed by atoms with E-state index in [9.17, 15) is 10.4 Å². The molecule has 3 aliphatic rings. The van der Waals surface area contributed by atoms with E-state index in [2.05, 4.69) is 35.2 Å². The molecule has 0 radical (unpaired) electrons. The second-order valence-electron chi connectivity index (χ2n) is 8.87. The summed E-state index contributed by atoms with van der Waals surface area (Å²) in [6, 6.07) is 9.26. The summed E-state index contributed by atoms with van der Waals surface area (Å²) in [5, 5.41) is 20.3. The van der Waals surface area contributed by atoms with Gasteiger partial charge in [0.2, 0.25) is 0 Å². The third kappa shape index (κ3) is 3.93. The second kappa shape index (κ2) is 8.67. The molecule has 32 heavy (non-hydrogen) atoms. The van der Waals surface area contributed by atoms with Crippen molar-refractivity contribution in [3.05, 3.63) is 70.1 Å². The van der Waals surface area contributed by atoms with Gasteiger partial charge in [-0.3, -0.25) is 4.90 Å². The van der Waals surface area contributed by atoms with Gasteiger partial charge in [-0.2, -0.15) is 5.26 Å². The normalized spacial score (nSPS) is 21.2. The summed E-state index contributed by atoms with van der Waals surface area (Å²) in [6.07, 6.45) is 10.6. The van der Waals surface area contributed by atoms with Crippen LogP contribution in [-0.4, -0.2) is 40.3 Å². The van der Waals surface area contributed by atoms with Crippen molar-refractivity contribution in [3.8, 4) is 16.5 Å². The molecule has 1 atom stereocenters. The molecule has 2 aromatic rings. The first-order valence-electron chi connectivity index (χ1n) is 11.2. The van der Waals surface area contributed by atoms with Crippen molar-refractivity contribution >= 4 is 16.9 Å². The molecule has 0 saturated carbocycles. The lowest BCUT2D eigenvalue weighted by Crippen LogP contribution is -2.51. The zero-order valence-corrected chi connectivity index (χ0v) is 19.2. The molecule has 0 amide bonds. The Morgan fingerprint density at radius 2 is 2.12 bits per heavy atom. The lowest BCUT2D eigenvalue weighted by molar-refractivity contribution is -0.0251. The van der Waals surface area contributed by atoms with Crippen LogP contribution in [0.15, 0.2) is 54.0 Å². The van der Waals surface area contributed by atoms with E-state index in [1.54, 1.807) is 11.3 Å². The number of thiazole rings is 1. The Balaban J connectivity index is 1.42. The number of hydrogen-bond acceptors (Lipinski definition) is 6. The molecule has 5 nitrogen and oxygen atoms in total. The van der Waals surface area contributed by atoms with Crippen LogP contribution in [0.2, 0.25) is 0 Å². The van der Waals surface area contributed by atoms with Crippen molar-refractivity contribution in [1.29, 1.82) is 5.26 Å². The minimum atomic E-state index is -0.175. The van der Waals surface area contributed by atoms with Gasteiger partial charge in [-0.15, -0.1) is 11.3 Å². The van der Waals surface area contributed by atoms with Gasteiger partial charge in [-0.25, -0.2) is 4.98 Å². The van der Waals surface area contributed by atoms with Gasteiger partial charge in [0.1, 0.15) is 16.8 Å². The summed E-state index contributed by atoms with van der Waals surface area (Å²) < 4.78 is 5.83. The monoisotopic (exact) mass is 445 g/mol. The third-order valence-corrected chi connectivity index (χ3v) is 7.36. The number of nitriles is 1. The predicted molar refractivity (Wildman–Crippen MR) is 127 cm³/mol. The van der Waals surface area contributed by atoms with Crippen LogP contribution in [-0.2, 0) is 11.2 Å². The van der Waals surface area contributed by atoms with Crippen LogP contribution in [0.1, 0.15) is 48.9 Å². The maximum Gasteiger partial charge on any atom is 0.133 e. The fourth-order valence-corrected chi connectivity index (χ4v) is 5.79. The largest absolute Gasteiger partial charge is 0.490 e. The van der Waals surface area contributed by atoms with Gasteiger partial charge in [0, 0.05) is 30.9 Å². The molecule has 1 saturated heterocycles. The number of rotatable bonds is 5. The van der Waals surface area contributed by atoms with E-state index in [-0.39, 0.29) is 12.2 Å². The highest BCUT2D eigenvalue weighted by Gasteiger charge is 2.36. The fourth-order valence-electron chi connectivity index (χ4n) is 4.81. The lowest BCUT2D eigenvalue weighted by Gasteiger charge is -2.40. The summed E-state index contributed by atoms with van der Waals surface area (Å²) in [5.74, 6) is 0.647. The number of allylic oxidation sites excluding steroid dienone is 5. The number of hydrogen-bond donors (Lipinski definition) is 1. The number of fused-ring (bicyclic) bond motifs is 1. The highest BCUT2D eigenvalue weighted by Crippen LogP contribution is 2.43. The summed E-state index contributed by atoms with van der Waals surface area (Å²) in [5.41, 5.74) is 5.57. The van der Waals surface area contributed by atoms with Crippen molar-refractivity contribution in [2.75, 3.05) is 13.1 Å². The average molecular weight is 446 g/mol. The van der Waals surface area contributed by atoms with E-state index < -0.39 is 0 Å². The molecule has 1 unspecified atom stereocenters. The van der Waals surface area contributed by atoms with E-state index in [0.29, 0.717) is 23.8 Å². The van der Waals surface area contributed by atoms with Gasteiger partial charge in [0.25, 0.3) is 0 Å².